The van der Waals surface area contributed by atoms with E-state index in [1.165, 1.54) is 19.4 Å². The topological polar surface area (TPSA) is 48.4 Å². The molecule has 0 bridgehead atoms. The summed E-state index contributed by atoms with van der Waals surface area (Å²) in [6.45, 7) is 1.80. The van der Waals surface area contributed by atoms with E-state index in [0.717, 1.165) is 11.6 Å². The molecule has 162 valence electrons. The number of esters is 1. The predicted octanol–water partition coefficient (Wildman–Crippen LogP) is 6.81. The summed E-state index contributed by atoms with van der Waals surface area (Å²) in [7, 11) is 1.30. The van der Waals surface area contributed by atoms with Crippen LogP contribution in [-0.2, 0) is 10.9 Å². The molecule has 0 unspecified atom stereocenters. The van der Waals surface area contributed by atoms with Gasteiger partial charge in [-0.3, -0.25) is 4.98 Å². The minimum Gasteiger partial charge on any atom is -0.465 e. The molecule has 0 N–H and O–H groups in total. The second kappa shape index (κ2) is 8.34. The minimum absolute atomic E-state index is 0.0994. The summed E-state index contributed by atoms with van der Waals surface area (Å²) in [6, 6.07) is 17.6. The number of hydrogen-bond donors (Lipinski definition) is 0. The predicted molar refractivity (Wildman–Crippen MR) is 115 cm³/mol. The third kappa shape index (κ3) is 4.14. The molecule has 0 saturated heterocycles. The Kier molecular flexibility index (Phi) is 5.57. The molecule has 4 aromatic rings. The molecule has 7 heteroatoms. The van der Waals surface area contributed by atoms with Gasteiger partial charge in [-0.15, -0.1) is 0 Å². The summed E-state index contributed by atoms with van der Waals surface area (Å²) in [5.41, 5.74) is 1.55. The Hall–Kier alpha value is -3.87. The number of aromatic nitrogens is 1. The Balaban J connectivity index is 1.77. The van der Waals surface area contributed by atoms with Crippen LogP contribution in [-0.4, -0.2) is 18.1 Å². The number of fused-ring (bicyclic) bond motifs is 1. The van der Waals surface area contributed by atoms with E-state index in [1.54, 1.807) is 61.5 Å². The summed E-state index contributed by atoms with van der Waals surface area (Å²) in [6.07, 6.45) is -3.06. The molecular weight excluding hydrogens is 419 g/mol. The maximum atomic E-state index is 13.5. The SMILES string of the molecule is COC(=O)c1cccc(Oc2cccc(-c3c(C)cnc4c(C(F)(F)F)cccc34)c2)c1. The van der Waals surface area contributed by atoms with Crippen LogP contribution < -0.4 is 4.74 Å². The normalized spacial score (nSPS) is 11.4. The average Bonchev–Trinajstić information content (AvgIpc) is 2.77. The number of benzene rings is 3. The lowest BCUT2D eigenvalue weighted by molar-refractivity contribution is -0.136. The Morgan fingerprint density at radius 1 is 0.938 bits per heavy atom. The van der Waals surface area contributed by atoms with Crippen molar-refractivity contribution in [3.8, 4) is 22.6 Å². The van der Waals surface area contributed by atoms with Crippen LogP contribution >= 0.6 is 0 Å². The van der Waals surface area contributed by atoms with E-state index < -0.39 is 17.7 Å². The van der Waals surface area contributed by atoms with Gasteiger partial charge in [-0.25, -0.2) is 4.79 Å². The molecule has 0 fully saturated rings. The van der Waals surface area contributed by atoms with Gasteiger partial charge in [-0.1, -0.05) is 30.3 Å². The molecule has 0 saturated carbocycles. The molecule has 0 aliphatic heterocycles. The highest BCUT2D eigenvalue weighted by Gasteiger charge is 2.33. The number of aryl methyl sites for hydroxylation is 1. The molecule has 1 heterocycles. The van der Waals surface area contributed by atoms with Gasteiger partial charge in [0.1, 0.15) is 11.5 Å². The van der Waals surface area contributed by atoms with Gasteiger partial charge >= 0.3 is 12.1 Å². The molecule has 0 aliphatic carbocycles. The number of methoxy groups -OCH3 is 1. The molecule has 32 heavy (non-hydrogen) atoms. The zero-order valence-electron chi connectivity index (χ0n) is 17.2. The number of ether oxygens (including phenoxy) is 2. The molecule has 0 spiro atoms. The first-order chi connectivity index (χ1) is 15.3. The highest BCUT2D eigenvalue weighted by molar-refractivity contribution is 5.97. The van der Waals surface area contributed by atoms with E-state index in [9.17, 15) is 18.0 Å². The largest absolute Gasteiger partial charge is 0.465 e. The van der Waals surface area contributed by atoms with Crippen molar-refractivity contribution in [3.63, 3.8) is 0 Å². The van der Waals surface area contributed by atoms with Gasteiger partial charge in [0.2, 0.25) is 0 Å². The summed E-state index contributed by atoms with van der Waals surface area (Å²) in [5.74, 6) is 0.421. The first kappa shape index (κ1) is 21.4. The fourth-order valence-electron chi connectivity index (χ4n) is 3.59. The van der Waals surface area contributed by atoms with Gasteiger partial charge in [-0.2, -0.15) is 13.2 Å². The Bertz CT molecular complexity index is 1320. The standard InChI is InChI=1S/C25H18F3NO3/c1-15-14-29-23-20(10-5-11-21(23)25(26,27)28)22(15)16-6-3-8-18(12-16)32-19-9-4-7-17(13-19)24(30)31-2/h3-14H,1-2H3. The summed E-state index contributed by atoms with van der Waals surface area (Å²) in [4.78, 5) is 15.8. The van der Waals surface area contributed by atoms with E-state index in [1.807, 2.05) is 0 Å². The van der Waals surface area contributed by atoms with E-state index in [2.05, 4.69) is 4.98 Å². The van der Waals surface area contributed by atoms with Crippen LogP contribution in [0.2, 0.25) is 0 Å². The highest BCUT2D eigenvalue weighted by Crippen LogP contribution is 2.39. The van der Waals surface area contributed by atoms with Crippen LogP contribution in [0.5, 0.6) is 11.5 Å². The van der Waals surface area contributed by atoms with E-state index in [-0.39, 0.29) is 5.52 Å². The number of nitrogens with zero attached hydrogens (tertiary/aromatic N) is 1. The second-order valence-electron chi connectivity index (χ2n) is 7.17. The Morgan fingerprint density at radius 3 is 2.34 bits per heavy atom. The molecule has 0 amide bonds. The van der Waals surface area contributed by atoms with Crippen LogP contribution in [0.1, 0.15) is 21.5 Å². The highest BCUT2D eigenvalue weighted by atomic mass is 19.4. The molecule has 4 nitrogen and oxygen atoms in total. The molecule has 0 aliphatic rings. The third-order valence-corrected chi connectivity index (χ3v) is 5.01. The van der Waals surface area contributed by atoms with Crippen molar-refractivity contribution in [2.75, 3.05) is 7.11 Å². The zero-order valence-corrected chi connectivity index (χ0v) is 17.2. The average molecular weight is 437 g/mol. The van der Waals surface area contributed by atoms with Crippen molar-refractivity contribution < 1.29 is 27.4 Å². The fraction of sp³-hybridized carbons (Fsp3) is 0.120. The summed E-state index contributed by atoms with van der Waals surface area (Å²) >= 11 is 0. The summed E-state index contributed by atoms with van der Waals surface area (Å²) < 4.78 is 51.1. The lowest BCUT2D eigenvalue weighted by Gasteiger charge is -2.15. The van der Waals surface area contributed by atoms with Crippen molar-refractivity contribution in [2.45, 2.75) is 13.1 Å². The van der Waals surface area contributed by atoms with Crippen molar-refractivity contribution >= 4 is 16.9 Å². The maximum Gasteiger partial charge on any atom is 0.418 e. The van der Waals surface area contributed by atoms with Gasteiger partial charge < -0.3 is 9.47 Å². The van der Waals surface area contributed by atoms with E-state index in [0.29, 0.717) is 33.6 Å². The molecular formula is C25H18F3NO3. The number of alkyl halides is 3. The number of pyridine rings is 1. The molecule has 0 radical (unpaired) electrons. The van der Waals surface area contributed by atoms with Gasteiger partial charge in [0, 0.05) is 11.6 Å². The zero-order chi connectivity index (χ0) is 22.9. The van der Waals surface area contributed by atoms with Gasteiger partial charge in [-0.05, 0) is 60.0 Å². The monoisotopic (exact) mass is 437 g/mol. The fourth-order valence-corrected chi connectivity index (χ4v) is 3.59. The van der Waals surface area contributed by atoms with Crippen molar-refractivity contribution in [1.29, 1.82) is 0 Å². The van der Waals surface area contributed by atoms with Gasteiger partial charge in [0.25, 0.3) is 0 Å². The Morgan fingerprint density at radius 2 is 1.62 bits per heavy atom. The smallest absolute Gasteiger partial charge is 0.418 e. The Labute approximate surface area is 182 Å². The van der Waals surface area contributed by atoms with Crippen LogP contribution in [0, 0.1) is 6.92 Å². The molecule has 3 aromatic carbocycles. The lowest BCUT2D eigenvalue weighted by Crippen LogP contribution is -2.07. The van der Waals surface area contributed by atoms with Gasteiger partial charge in [0.15, 0.2) is 0 Å². The first-order valence-electron chi connectivity index (χ1n) is 9.70. The van der Waals surface area contributed by atoms with Crippen LogP contribution in [0.15, 0.2) is 72.9 Å². The van der Waals surface area contributed by atoms with Crippen molar-refractivity contribution in [3.05, 3.63) is 89.6 Å². The van der Waals surface area contributed by atoms with Crippen molar-refractivity contribution in [1.82, 2.24) is 4.98 Å². The second-order valence-corrected chi connectivity index (χ2v) is 7.17. The number of halogens is 3. The number of rotatable bonds is 4. The molecule has 0 atom stereocenters. The lowest BCUT2D eigenvalue weighted by atomic mass is 9.95. The van der Waals surface area contributed by atoms with Crippen LogP contribution in [0.4, 0.5) is 13.2 Å². The number of hydrogen-bond acceptors (Lipinski definition) is 4. The number of para-hydroxylation sites is 1. The first-order valence-corrected chi connectivity index (χ1v) is 9.70. The molecule has 4 rings (SSSR count). The maximum absolute atomic E-state index is 13.5. The number of carbonyl (C=O) groups excluding carboxylic acids is 1. The van der Waals surface area contributed by atoms with E-state index in [4.69, 9.17) is 9.47 Å². The third-order valence-electron chi connectivity index (χ3n) is 5.01. The minimum atomic E-state index is -4.51. The van der Waals surface area contributed by atoms with Gasteiger partial charge in [0.05, 0.1) is 23.8 Å². The summed E-state index contributed by atoms with van der Waals surface area (Å²) in [5, 5.41) is 0.407. The number of carbonyl (C=O) groups is 1. The van der Waals surface area contributed by atoms with Crippen LogP contribution in [0.3, 0.4) is 0 Å². The van der Waals surface area contributed by atoms with E-state index >= 15 is 0 Å². The van der Waals surface area contributed by atoms with Crippen LogP contribution in [0.25, 0.3) is 22.0 Å². The van der Waals surface area contributed by atoms with Crippen molar-refractivity contribution in [2.24, 2.45) is 0 Å². The quantitative estimate of drug-likeness (QED) is 0.329. The molecule has 1 aromatic heterocycles.